The van der Waals surface area contributed by atoms with E-state index in [4.69, 9.17) is 14.6 Å². The molecule has 1 aromatic rings. The molecule has 1 aromatic carbocycles. The van der Waals surface area contributed by atoms with Crippen LogP contribution in [0.25, 0.3) is 0 Å². The van der Waals surface area contributed by atoms with Gasteiger partial charge in [-0.2, -0.15) is 0 Å². The van der Waals surface area contributed by atoms with E-state index in [0.29, 0.717) is 6.54 Å². The Kier molecular flexibility index (Phi) is 2.45. The lowest BCUT2D eigenvalue weighted by molar-refractivity contribution is 0.119. The van der Waals surface area contributed by atoms with Crippen LogP contribution in [0, 0.1) is 0 Å². The van der Waals surface area contributed by atoms with E-state index >= 15 is 0 Å². The summed E-state index contributed by atoms with van der Waals surface area (Å²) in [5, 5.41) is 12.1. The number of anilines is 1. The number of aliphatic hydroxyl groups excluding tert-OH is 1. The zero-order valence-electron chi connectivity index (χ0n) is 7.99. The zero-order chi connectivity index (χ0) is 9.97. The third-order valence-electron chi connectivity index (χ3n) is 2.21. The first kappa shape index (κ1) is 9.15. The molecule has 4 heteroatoms. The maximum atomic E-state index is 8.95. The highest BCUT2D eigenvalue weighted by atomic mass is 16.5. The summed E-state index contributed by atoms with van der Waals surface area (Å²) in [5.41, 5.74) is 0.940. The van der Waals surface area contributed by atoms with Crippen LogP contribution in [0.5, 0.6) is 11.5 Å². The van der Waals surface area contributed by atoms with Crippen LogP contribution < -0.4 is 14.8 Å². The van der Waals surface area contributed by atoms with Crippen molar-refractivity contribution in [3.05, 3.63) is 18.2 Å². The van der Waals surface area contributed by atoms with Crippen LogP contribution in [0.3, 0.4) is 0 Å². The third-order valence-corrected chi connectivity index (χ3v) is 2.21. The van der Waals surface area contributed by atoms with Gasteiger partial charge in [0.05, 0.1) is 25.9 Å². The van der Waals surface area contributed by atoms with Crippen LogP contribution in [-0.4, -0.2) is 31.5 Å². The minimum Gasteiger partial charge on any atom is -0.497 e. The van der Waals surface area contributed by atoms with Crippen LogP contribution in [-0.2, 0) is 0 Å². The highest BCUT2D eigenvalue weighted by Crippen LogP contribution is 2.32. The summed E-state index contributed by atoms with van der Waals surface area (Å²) < 4.78 is 10.6. The van der Waals surface area contributed by atoms with Crippen molar-refractivity contribution < 1.29 is 14.6 Å². The van der Waals surface area contributed by atoms with Gasteiger partial charge in [0.25, 0.3) is 0 Å². The number of hydrogen-bond acceptors (Lipinski definition) is 4. The van der Waals surface area contributed by atoms with Gasteiger partial charge in [-0.25, -0.2) is 0 Å². The number of aliphatic hydroxyl groups is 1. The molecule has 1 aliphatic heterocycles. The van der Waals surface area contributed by atoms with Crippen LogP contribution in [0.4, 0.5) is 5.69 Å². The van der Waals surface area contributed by atoms with Crippen LogP contribution >= 0.6 is 0 Å². The quantitative estimate of drug-likeness (QED) is 0.735. The van der Waals surface area contributed by atoms with Gasteiger partial charge in [-0.1, -0.05) is 0 Å². The molecule has 2 N–H and O–H groups in total. The van der Waals surface area contributed by atoms with Gasteiger partial charge in [0.2, 0.25) is 0 Å². The molecule has 0 aromatic heterocycles. The van der Waals surface area contributed by atoms with Crippen LogP contribution in [0.15, 0.2) is 18.2 Å². The van der Waals surface area contributed by atoms with Gasteiger partial charge in [-0.3, -0.25) is 0 Å². The topological polar surface area (TPSA) is 50.7 Å². The van der Waals surface area contributed by atoms with E-state index in [1.54, 1.807) is 7.11 Å². The van der Waals surface area contributed by atoms with E-state index in [2.05, 4.69) is 5.32 Å². The normalized spacial score (nSPS) is 19.1. The maximum Gasteiger partial charge on any atom is 0.146 e. The summed E-state index contributed by atoms with van der Waals surface area (Å²) in [6.07, 6.45) is -0.172. The highest BCUT2D eigenvalue weighted by Gasteiger charge is 2.18. The fraction of sp³-hybridized carbons (Fsp3) is 0.400. The summed E-state index contributed by atoms with van der Waals surface area (Å²) in [6, 6.07) is 5.58. The van der Waals surface area contributed by atoms with E-state index in [9.17, 15) is 0 Å². The van der Waals surface area contributed by atoms with Crippen molar-refractivity contribution >= 4 is 5.69 Å². The fourth-order valence-corrected chi connectivity index (χ4v) is 1.42. The van der Waals surface area contributed by atoms with E-state index in [1.807, 2.05) is 18.2 Å². The van der Waals surface area contributed by atoms with E-state index in [1.165, 1.54) is 0 Å². The molecular formula is C10H13NO3. The zero-order valence-corrected chi connectivity index (χ0v) is 7.99. The Morgan fingerprint density at radius 3 is 3.21 bits per heavy atom. The third kappa shape index (κ3) is 1.61. The van der Waals surface area contributed by atoms with Gasteiger partial charge in [0, 0.05) is 6.07 Å². The van der Waals surface area contributed by atoms with Crippen molar-refractivity contribution in [1.82, 2.24) is 0 Å². The van der Waals surface area contributed by atoms with E-state index in [-0.39, 0.29) is 12.7 Å². The first-order chi connectivity index (χ1) is 6.83. The van der Waals surface area contributed by atoms with Gasteiger partial charge in [-0.05, 0) is 12.1 Å². The molecule has 0 spiro atoms. The minimum absolute atomic E-state index is 0.0175. The fourth-order valence-electron chi connectivity index (χ4n) is 1.42. The van der Waals surface area contributed by atoms with Crippen LogP contribution in [0.2, 0.25) is 0 Å². The standard InChI is InChI=1S/C10H13NO3/c1-13-7-2-3-9-10(4-7)14-8(6-12)5-11-9/h2-4,8,11-12H,5-6H2,1H3. The molecule has 0 amide bonds. The van der Waals surface area contributed by atoms with Crippen molar-refractivity contribution in [2.75, 3.05) is 25.6 Å². The van der Waals surface area contributed by atoms with Gasteiger partial charge in [0.1, 0.15) is 17.6 Å². The smallest absolute Gasteiger partial charge is 0.146 e. The van der Waals surface area contributed by atoms with Gasteiger partial charge in [-0.15, -0.1) is 0 Å². The number of benzene rings is 1. The number of rotatable bonds is 2. The molecule has 0 bridgehead atoms. The van der Waals surface area contributed by atoms with E-state index in [0.717, 1.165) is 17.2 Å². The van der Waals surface area contributed by atoms with Gasteiger partial charge >= 0.3 is 0 Å². The van der Waals surface area contributed by atoms with Crippen LogP contribution in [0.1, 0.15) is 0 Å². The molecule has 1 aliphatic rings. The average molecular weight is 195 g/mol. The molecule has 1 unspecified atom stereocenters. The lowest BCUT2D eigenvalue weighted by atomic mass is 10.2. The second-order valence-corrected chi connectivity index (χ2v) is 3.17. The molecular weight excluding hydrogens is 182 g/mol. The first-order valence-electron chi connectivity index (χ1n) is 4.53. The maximum absolute atomic E-state index is 8.95. The summed E-state index contributed by atoms with van der Waals surface area (Å²) in [7, 11) is 1.61. The molecule has 1 atom stereocenters. The van der Waals surface area contributed by atoms with Gasteiger partial charge < -0.3 is 19.9 Å². The molecule has 14 heavy (non-hydrogen) atoms. The van der Waals surface area contributed by atoms with Crippen molar-refractivity contribution in [3.8, 4) is 11.5 Å². The van der Waals surface area contributed by atoms with Crippen molar-refractivity contribution in [2.24, 2.45) is 0 Å². The minimum atomic E-state index is -0.172. The predicted molar refractivity (Wildman–Crippen MR) is 53.0 cm³/mol. The second kappa shape index (κ2) is 3.75. The molecule has 2 rings (SSSR count). The summed E-state index contributed by atoms with van der Waals surface area (Å²) in [6.45, 7) is 0.652. The Balaban J connectivity index is 2.25. The Bertz CT molecular complexity index is 327. The second-order valence-electron chi connectivity index (χ2n) is 3.17. The van der Waals surface area contributed by atoms with Crippen molar-refractivity contribution in [3.63, 3.8) is 0 Å². The van der Waals surface area contributed by atoms with E-state index < -0.39 is 0 Å². The lowest BCUT2D eigenvalue weighted by Crippen LogP contribution is -2.33. The monoisotopic (exact) mass is 195 g/mol. The Hall–Kier alpha value is -1.42. The Labute approximate surface area is 82.5 Å². The van der Waals surface area contributed by atoms with Gasteiger partial charge in [0.15, 0.2) is 0 Å². The molecule has 0 aliphatic carbocycles. The first-order valence-corrected chi connectivity index (χ1v) is 4.53. The molecule has 0 radical (unpaired) electrons. The SMILES string of the molecule is COc1ccc2c(c1)OC(CO)CN2. The Morgan fingerprint density at radius 2 is 2.50 bits per heavy atom. The number of methoxy groups -OCH3 is 1. The number of ether oxygens (including phenoxy) is 2. The highest BCUT2D eigenvalue weighted by molar-refractivity contribution is 5.60. The average Bonchev–Trinajstić information content (AvgIpc) is 2.27. The summed E-state index contributed by atoms with van der Waals surface area (Å²) in [5.74, 6) is 1.48. The molecule has 76 valence electrons. The van der Waals surface area contributed by atoms with Crippen molar-refractivity contribution in [1.29, 1.82) is 0 Å². The predicted octanol–water partition coefficient (Wildman–Crippen LogP) is 0.860. The Morgan fingerprint density at radius 1 is 1.64 bits per heavy atom. The molecule has 4 nitrogen and oxygen atoms in total. The number of fused-ring (bicyclic) bond motifs is 1. The largest absolute Gasteiger partial charge is 0.497 e. The number of hydrogen-bond donors (Lipinski definition) is 2. The van der Waals surface area contributed by atoms with Crippen molar-refractivity contribution in [2.45, 2.75) is 6.10 Å². The summed E-state index contributed by atoms with van der Waals surface area (Å²) >= 11 is 0. The summed E-state index contributed by atoms with van der Waals surface area (Å²) in [4.78, 5) is 0. The molecule has 0 fully saturated rings. The molecule has 0 saturated heterocycles. The molecule has 1 heterocycles. The number of nitrogens with one attached hydrogen (secondary N) is 1. The lowest BCUT2D eigenvalue weighted by Gasteiger charge is -2.26. The molecule has 0 saturated carbocycles.